The van der Waals surface area contributed by atoms with Gasteiger partial charge < -0.3 is 5.32 Å². The van der Waals surface area contributed by atoms with Gasteiger partial charge in [0.05, 0.1) is 11.4 Å². The van der Waals surface area contributed by atoms with Crippen molar-refractivity contribution in [3.8, 4) is 0 Å². The molecule has 0 aromatic heterocycles. The lowest BCUT2D eigenvalue weighted by Crippen LogP contribution is -2.47. The van der Waals surface area contributed by atoms with Crippen LogP contribution in [0, 0.1) is 0 Å². The van der Waals surface area contributed by atoms with Crippen molar-refractivity contribution in [1.29, 1.82) is 0 Å². The van der Waals surface area contributed by atoms with E-state index in [9.17, 15) is 13.2 Å². The predicted octanol–water partition coefficient (Wildman–Crippen LogP) is 4.75. The maximum Gasteiger partial charge on any atom is 0.243 e. The standard InChI is InChI=1S/C19H21Cl3N2O3S/c1-19(2,3)23-18(25)12-24(11-15-16(21)5-4-6-17(15)22)28(26,27)14-9-7-13(20)8-10-14/h4-10H,11-12H2,1-3H3,(H,23,25). The van der Waals surface area contributed by atoms with Crippen molar-refractivity contribution >= 4 is 50.7 Å². The van der Waals surface area contributed by atoms with E-state index in [1.165, 1.54) is 24.3 Å². The molecule has 9 heteroatoms. The molecule has 0 spiro atoms. The van der Waals surface area contributed by atoms with Crippen molar-refractivity contribution in [3.05, 3.63) is 63.1 Å². The normalized spacial score (nSPS) is 12.2. The second-order valence-corrected chi connectivity index (χ2v) is 10.4. The van der Waals surface area contributed by atoms with Gasteiger partial charge in [0.15, 0.2) is 0 Å². The van der Waals surface area contributed by atoms with Gasteiger partial charge in [-0.1, -0.05) is 40.9 Å². The highest BCUT2D eigenvalue weighted by Gasteiger charge is 2.29. The second-order valence-electron chi connectivity index (χ2n) is 7.23. The van der Waals surface area contributed by atoms with Gasteiger partial charge in [-0.25, -0.2) is 8.42 Å². The average Bonchev–Trinajstić information content (AvgIpc) is 2.56. The first-order valence-electron chi connectivity index (χ1n) is 8.40. The van der Waals surface area contributed by atoms with Crippen LogP contribution in [0.1, 0.15) is 26.3 Å². The molecule has 2 rings (SSSR count). The summed E-state index contributed by atoms with van der Waals surface area (Å²) in [6, 6.07) is 10.6. The summed E-state index contributed by atoms with van der Waals surface area (Å²) in [6.45, 7) is 4.90. The molecule has 1 amide bonds. The molecule has 0 unspecified atom stereocenters. The SMILES string of the molecule is CC(C)(C)NC(=O)CN(Cc1c(Cl)cccc1Cl)S(=O)(=O)c1ccc(Cl)cc1. The highest BCUT2D eigenvalue weighted by atomic mass is 35.5. The first-order chi connectivity index (χ1) is 12.9. The molecule has 152 valence electrons. The van der Waals surface area contributed by atoms with E-state index in [0.717, 1.165) is 4.31 Å². The molecular weight excluding hydrogens is 443 g/mol. The third-order valence-electron chi connectivity index (χ3n) is 3.68. The topological polar surface area (TPSA) is 66.5 Å². The second kappa shape index (κ2) is 9.01. The van der Waals surface area contributed by atoms with Crippen LogP contribution in [0.2, 0.25) is 15.1 Å². The Morgan fingerprint density at radius 3 is 2.04 bits per heavy atom. The summed E-state index contributed by atoms with van der Waals surface area (Å²) in [4.78, 5) is 12.5. The molecule has 0 fully saturated rings. The van der Waals surface area contributed by atoms with Crippen molar-refractivity contribution in [2.24, 2.45) is 0 Å². The fourth-order valence-electron chi connectivity index (χ4n) is 2.46. The highest BCUT2D eigenvalue weighted by Crippen LogP contribution is 2.28. The molecule has 5 nitrogen and oxygen atoms in total. The van der Waals surface area contributed by atoms with Crippen molar-refractivity contribution in [1.82, 2.24) is 9.62 Å². The number of carbonyl (C=O) groups is 1. The maximum atomic E-state index is 13.2. The summed E-state index contributed by atoms with van der Waals surface area (Å²) >= 11 is 18.3. The van der Waals surface area contributed by atoms with Crippen LogP contribution < -0.4 is 5.32 Å². The summed E-state index contributed by atoms with van der Waals surface area (Å²) in [7, 11) is -4.00. The quantitative estimate of drug-likeness (QED) is 0.672. The van der Waals surface area contributed by atoms with Gasteiger partial charge in [0.25, 0.3) is 0 Å². The number of sulfonamides is 1. The molecule has 0 bridgehead atoms. The lowest BCUT2D eigenvalue weighted by molar-refractivity contribution is -0.122. The Balaban J connectivity index is 2.43. The molecule has 2 aromatic carbocycles. The zero-order valence-corrected chi connectivity index (χ0v) is 18.8. The molecule has 1 N–H and O–H groups in total. The molecule has 28 heavy (non-hydrogen) atoms. The minimum absolute atomic E-state index is 0.0173. The van der Waals surface area contributed by atoms with Crippen molar-refractivity contribution in [2.45, 2.75) is 37.8 Å². The average molecular weight is 464 g/mol. The molecule has 0 aliphatic carbocycles. The van der Waals surface area contributed by atoms with Gasteiger partial charge in [0, 0.05) is 32.7 Å². The van der Waals surface area contributed by atoms with Crippen molar-refractivity contribution in [3.63, 3.8) is 0 Å². The minimum atomic E-state index is -4.00. The zero-order chi connectivity index (χ0) is 21.1. The molecule has 0 aliphatic heterocycles. The molecule has 0 radical (unpaired) electrons. The van der Waals surface area contributed by atoms with Crippen LogP contribution in [0.3, 0.4) is 0 Å². The van der Waals surface area contributed by atoms with Crippen molar-refractivity contribution < 1.29 is 13.2 Å². The van der Waals surface area contributed by atoms with Crippen LogP contribution in [0.5, 0.6) is 0 Å². The number of hydrogen-bond donors (Lipinski definition) is 1. The largest absolute Gasteiger partial charge is 0.350 e. The Morgan fingerprint density at radius 1 is 1.00 bits per heavy atom. The van der Waals surface area contributed by atoms with Gasteiger partial charge in [-0.3, -0.25) is 4.79 Å². The predicted molar refractivity (Wildman–Crippen MR) is 113 cm³/mol. The fourth-order valence-corrected chi connectivity index (χ4v) is 4.47. The van der Waals surface area contributed by atoms with E-state index >= 15 is 0 Å². The van der Waals surface area contributed by atoms with Crippen LogP contribution in [0.4, 0.5) is 0 Å². The molecule has 0 heterocycles. The summed E-state index contributed by atoms with van der Waals surface area (Å²) in [5.41, 5.74) is -0.0821. The van der Waals surface area contributed by atoms with Crippen LogP contribution in [0.25, 0.3) is 0 Å². The van der Waals surface area contributed by atoms with Crippen LogP contribution >= 0.6 is 34.8 Å². The lowest BCUT2D eigenvalue weighted by atomic mass is 10.1. The highest BCUT2D eigenvalue weighted by molar-refractivity contribution is 7.89. The number of rotatable bonds is 6. The smallest absolute Gasteiger partial charge is 0.243 e. The Kier molecular flexibility index (Phi) is 7.39. The van der Waals surface area contributed by atoms with E-state index < -0.39 is 21.5 Å². The number of halogens is 3. The Labute approximate surface area is 180 Å². The molecule has 0 atom stereocenters. The number of nitrogens with zero attached hydrogens (tertiary/aromatic N) is 1. The van der Waals surface area contributed by atoms with Crippen molar-refractivity contribution in [2.75, 3.05) is 6.54 Å². The molecule has 2 aromatic rings. The van der Waals surface area contributed by atoms with Gasteiger partial charge in [-0.05, 0) is 57.2 Å². The molecular formula is C19H21Cl3N2O3S. The monoisotopic (exact) mass is 462 g/mol. The number of benzene rings is 2. The number of hydrogen-bond acceptors (Lipinski definition) is 3. The minimum Gasteiger partial charge on any atom is -0.350 e. The van der Waals surface area contributed by atoms with E-state index in [1.54, 1.807) is 18.2 Å². The third kappa shape index (κ3) is 6.09. The maximum absolute atomic E-state index is 13.2. The Bertz CT molecular complexity index is 935. The van der Waals surface area contributed by atoms with Gasteiger partial charge >= 0.3 is 0 Å². The fraction of sp³-hybridized carbons (Fsp3) is 0.316. The molecule has 0 saturated carbocycles. The van der Waals surface area contributed by atoms with Gasteiger partial charge in [-0.15, -0.1) is 0 Å². The first-order valence-corrected chi connectivity index (χ1v) is 11.0. The van der Waals surface area contributed by atoms with E-state index in [-0.39, 0.29) is 18.0 Å². The Hall–Kier alpha value is -1.31. The summed E-state index contributed by atoms with van der Waals surface area (Å²) < 4.78 is 27.4. The summed E-state index contributed by atoms with van der Waals surface area (Å²) in [6.07, 6.45) is 0. The van der Waals surface area contributed by atoms with E-state index in [0.29, 0.717) is 20.6 Å². The molecule has 0 aliphatic rings. The van der Waals surface area contributed by atoms with Gasteiger partial charge in [-0.2, -0.15) is 4.31 Å². The first kappa shape index (κ1) is 23.0. The number of carbonyl (C=O) groups excluding carboxylic acids is 1. The molecule has 0 saturated heterocycles. The number of nitrogens with one attached hydrogen (secondary N) is 1. The van der Waals surface area contributed by atoms with Crippen LogP contribution in [-0.2, 0) is 21.4 Å². The van der Waals surface area contributed by atoms with Gasteiger partial charge in [0.1, 0.15) is 0 Å². The van der Waals surface area contributed by atoms with E-state index in [2.05, 4.69) is 5.32 Å². The Morgan fingerprint density at radius 2 is 1.54 bits per heavy atom. The summed E-state index contributed by atoms with van der Waals surface area (Å²) in [5, 5.41) is 3.81. The lowest BCUT2D eigenvalue weighted by Gasteiger charge is -2.26. The van der Waals surface area contributed by atoms with Crippen LogP contribution in [-0.4, -0.2) is 30.7 Å². The third-order valence-corrected chi connectivity index (χ3v) is 6.45. The number of amides is 1. The van der Waals surface area contributed by atoms with Crippen LogP contribution in [0.15, 0.2) is 47.4 Å². The van der Waals surface area contributed by atoms with E-state index in [4.69, 9.17) is 34.8 Å². The summed E-state index contributed by atoms with van der Waals surface area (Å²) in [5.74, 6) is -0.437. The van der Waals surface area contributed by atoms with Gasteiger partial charge in [0.2, 0.25) is 15.9 Å². The zero-order valence-electron chi connectivity index (χ0n) is 15.7. The van der Waals surface area contributed by atoms with E-state index in [1.807, 2.05) is 20.8 Å².